The first-order valence-electron chi connectivity index (χ1n) is 6.45. The van der Waals surface area contributed by atoms with Crippen LogP contribution in [0.4, 0.5) is 5.82 Å². The number of carbonyl (C=O) groups excluding carboxylic acids is 1. The minimum atomic E-state index is -0.148. The number of carbonyl (C=O) groups is 1. The van der Waals surface area contributed by atoms with Crippen LogP contribution in [0.15, 0.2) is 42.6 Å². The molecule has 1 amide bonds. The van der Waals surface area contributed by atoms with E-state index in [0.29, 0.717) is 11.4 Å². The van der Waals surface area contributed by atoms with Gasteiger partial charge in [-0.15, -0.1) is 0 Å². The maximum Gasteiger partial charge on any atom is 0.256 e. The largest absolute Gasteiger partial charge is 0.361 e. The maximum absolute atomic E-state index is 12.2. The number of nitrogens with zero attached hydrogens (tertiary/aromatic N) is 1. The molecule has 4 heteroatoms. The van der Waals surface area contributed by atoms with Crippen molar-refractivity contribution in [3.05, 3.63) is 59.4 Å². The molecule has 4 nitrogen and oxygen atoms in total. The average molecular weight is 265 g/mol. The lowest BCUT2D eigenvalue weighted by Crippen LogP contribution is -2.13. The number of amides is 1. The van der Waals surface area contributed by atoms with Gasteiger partial charge < -0.3 is 10.3 Å². The number of benzene rings is 1. The smallest absolute Gasteiger partial charge is 0.256 e. The van der Waals surface area contributed by atoms with Crippen molar-refractivity contribution in [1.82, 2.24) is 9.97 Å². The van der Waals surface area contributed by atoms with Crippen LogP contribution in [0, 0.1) is 13.8 Å². The van der Waals surface area contributed by atoms with Crippen molar-refractivity contribution >= 4 is 22.6 Å². The van der Waals surface area contributed by atoms with Crippen LogP contribution in [0.1, 0.15) is 21.6 Å². The van der Waals surface area contributed by atoms with E-state index in [1.165, 1.54) is 0 Å². The van der Waals surface area contributed by atoms with E-state index in [2.05, 4.69) is 15.3 Å². The van der Waals surface area contributed by atoms with Crippen LogP contribution in [-0.4, -0.2) is 15.9 Å². The Labute approximate surface area is 116 Å². The van der Waals surface area contributed by atoms with Gasteiger partial charge in [-0.3, -0.25) is 4.79 Å². The lowest BCUT2D eigenvalue weighted by atomic mass is 10.1. The van der Waals surface area contributed by atoms with Crippen LogP contribution in [0.3, 0.4) is 0 Å². The number of rotatable bonds is 2. The fourth-order valence-electron chi connectivity index (χ4n) is 2.29. The molecule has 0 saturated carbocycles. The Kier molecular flexibility index (Phi) is 2.99. The van der Waals surface area contributed by atoms with Crippen molar-refractivity contribution in [2.24, 2.45) is 0 Å². The van der Waals surface area contributed by atoms with Gasteiger partial charge in [-0.1, -0.05) is 0 Å². The zero-order valence-electron chi connectivity index (χ0n) is 11.4. The number of pyridine rings is 1. The molecule has 3 rings (SSSR count). The molecule has 0 spiro atoms. The lowest BCUT2D eigenvalue weighted by Gasteiger charge is -2.06. The lowest BCUT2D eigenvalue weighted by molar-refractivity contribution is 0.102. The molecule has 0 fully saturated rings. The summed E-state index contributed by atoms with van der Waals surface area (Å²) in [4.78, 5) is 19.7. The summed E-state index contributed by atoms with van der Waals surface area (Å²) < 4.78 is 0. The summed E-state index contributed by atoms with van der Waals surface area (Å²) in [5.41, 5.74) is 3.61. The molecule has 2 N–H and O–H groups in total. The highest BCUT2D eigenvalue weighted by Crippen LogP contribution is 2.16. The molecule has 1 aromatic carbocycles. The highest BCUT2D eigenvalue weighted by atomic mass is 16.1. The van der Waals surface area contributed by atoms with E-state index < -0.39 is 0 Å². The van der Waals surface area contributed by atoms with Crippen molar-refractivity contribution in [3.8, 4) is 0 Å². The van der Waals surface area contributed by atoms with E-state index in [0.717, 1.165) is 22.2 Å². The quantitative estimate of drug-likeness (QED) is 0.745. The normalized spacial score (nSPS) is 10.7. The second-order valence-electron chi connectivity index (χ2n) is 4.90. The molecule has 0 unspecified atom stereocenters. The zero-order chi connectivity index (χ0) is 14.1. The van der Waals surface area contributed by atoms with E-state index in [1.807, 2.05) is 50.4 Å². The summed E-state index contributed by atoms with van der Waals surface area (Å²) in [5.74, 6) is 0.437. The van der Waals surface area contributed by atoms with Gasteiger partial charge >= 0.3 is 0 Å². The number of aromatic amines is 1. The molecular formula is C16H15N3O. The molecule has 100 valence electrons. The number of nitrogens with one attached hydrogen (secondary N) is 2. The first-order valence-corrected chi connectivity index (χ1v) is 6.45. The molecular weight excluding hydrogens is 250 g/mol. The van der Waals surface area contributed by atoms with Crippen LogP contribution in [0.25, 0.3) is 10.9 Å². The Morgan fingerprint density at radius 1 is 1.15 bits per heavy atom. The molecule has 20 heavy (non-hydrogen) atoms. The number of aryl methyl sites for hydroxylation is 2. The van der Waals surface area contributed by atoms with Gasteiger partial charge in [-0.2, -0.15) is 0 Å². The van der Waals surface area contributed by atoms with Crippen LogP contribution in [-0.2, 0) is 0 Å². The molecule has 0 radical (unpaired) electrons. The van der Waals surface area contributed by atoms with Crippen molar-refractivity contribution < 1.29 is 4.79 Å². The summed E-state index contributed by atoms with van der Waals surface area (Å²) in [5, 5.41) is 3.86. The highest BCUT2D eigenvalue weighted by molar-refractivity contribution is 6.05. The van der Waals surface area contributed by atoms with Crippen molar-refractivity contribution in [3.63, 3.8) is 0 Å². The van der Waals surface area contributed by atoms with Gasteiger partial charge in [0.2, 0.25) is 0 Å². The number of aromatic nitrogens is 2. The van der Waals surface area contributed by atoms with Gasteiger partial charge in [0.1, 0.15) is 5.82 Å². The van der Waals surface area contributed by atoms with Crippen LogP contribution >= 0.6 is 0 Å². The number of hydrogen-bond acceptors (Lipinski definition) is 2. The summed E-state index contributed by atoms with van der Waals surface area (Å²) in [6, 6.07) is 11.3. The van der Waals surface area contributed by atoms with E-state index >= 15 is 0 Å². The third kappa shape index (κ3) is 2.40. The molecule has 0 aliphatic rings. The molecule has 2 heterocycles. The fraction of sp³-hybridized carbons (Fsp3) is 0.125. The van der Waals surface area contributed by atoms with Gasteiger partial charge in [0.05, 0.1) is 0 Å². The molecule has 0 aliphatic carbocycles. The molecule has 3 aromatic rings. The van der Waals surface area contributed by atoms with Gasteiger partial charge in [-0.25, -0.2) is 4.98 Å². The fourth-order valence-corrected chi connectivity index (χ4v) is 2.29. The monoisotopic (exact) mass is 265 g/mol. The van der Waals surface area contributed by atoms with Crippen molar-refractivity contribution in [1.29, 1.82) is 0 Å². The Hall–Kier alpha value is -2.62. The Bertz CT molecular complexity index is 769. The Balaban J connectivity index is 1.88. The number of anilines is 1. The summed E-state index contributed by atoms with van der Waals surface area (Å²) in [7, 11) is 0. The average Bonchev–Trinajstić information content (AvgIpc) is 2.84. The molecule has 0 atom stereocenters. The minimum Gasteiger partial charge on any atom is -0.361 e. The Morgan fingerprint density at radius 2 is 2.00 bits per heavy atom. The topological polar surface area (TPSA) is 57.8 Å². The molecule has 2 aromatic heterocycles. The van der Waals surface area contributed by atoms with E-state index in [9.17, 15) is 4.79 Å². The van der Waals surface area contributed by atoms with E-state index in [1.54, 1.807) is 6.07 Å². The number of hydrogen-bond donors (Lipinski definition) is 2. The van der Waals surface area contributed by atoms with Crippen LogP contribution < -0.4 is 5.32 Å². The molecule has 0 aliphatic heterocycles. The third-order valence-corrected chi connectivity index (χ3v) is 3.15. The zero-order valence-corrected chi connectivity index (χ0v) is 11.4. The first-order chi connectivity index (χ1) is 9.61. The van der Waals surface area contributed by atoms with E-state index in [4.69, 9.17) is 0 Å². The number of fused-ring (bicyclic) bond motifs is 1. The standard InChI is InChI=1S/C16H15N3O/c1-10-7-11(2)18-15(8-10)19-16(20)13-3-4-14-12(9-13)5-6-17-14/h3-9,17H,1-2H3,(H,18,19,20). The SMILES string of the molecule is Cc1cc(C)nc(NC(=O)c2ccc3[nH]ccc3c2)c1. The number of H-pyrrole nitrogens is 1. The van der Waals surface area contributed by atoms with Gasteiger partial charge in [0.25, 0.3) is 5.91 Å². The van der Waals surface area contributed by atoms with Gasteiger partial charge in [-0.05, 0) is 55.8 Å². The minimum absolute atomic E-state index is 0.148. The second-order valence-corrected chi connectivity index (χ2v) is 4.90. The van der Waals surface area contributed by atoms with Gasteiger partial charge in [0.15, 0.2) is 0 Å². The predicted octanol–water partition coefficient (Wildman–Crippen LogP) is 3.43. The molecule has 0 saturated heterocycles. The third-order valence-electron chi connectivity index (χ3n) is 3.15. The Morgan fingerprint density at radius 3 is 2.80 bits per heavy atom. The van der Waals surface area contributed by atoms with Gasteiger partial charge in [0, 0.05) is 28.4 Å². The summed E-state index contributed by atoms with van der Waals surface area (Å²) >= 11 is 0. The summed E-state index contributed by atoms with van der Waals surface area (Å²) in [6.07, 6.45) is 1.86. The highest BCUT2D eigenvalue weighted by Gasteiger charge is 2.08. The summed E-state index contributed by atoms with van der Waals surface area (Å²) in [6.45, 7) is 3.89. The first kappa shape index (κ1) is 12.4. The predicted molar refractivity (Wildman–Crippen MR) is 80.0 cm³/mol. The van der Waals surface area contributed by atoms with Crippen LogP contribution in [0.5, 0.6) is 0 Å². The van der Waals surface area contributed by atoms with E-state index in [-0.39, 0.29) is 5.91 Å². The van der Waals surface area contributed by atoms with Crippen molar-refractivity contribution in [2.75, 3.05) is 5.32 Å². The maximum atomic E-state index is 12.2. The second kappa shape index (κ2) is 4.81. The van der Waals surface area contributed by atoms with Crippen LogP contribution in [0.2, 0.25) is 0 Å². The molecule has 0 bridgehead atoms. The van der Waals surface area contributed by atoms with Crippen molar-refractivity contribution in [2.45, 2.75) is 13.8 Å².